The van der Waals surface area contributed by atoms with Crippen molar-refractivity contribution in [2.75, 3.05) is 13.2 Å². The second-order valence-corrected chi connectivity index (χ2v) is 3.48. The molecule has 1 unspecified atom stereocenters. The summed E-state index contributed by atoms with van der Waals surface area (Å²) in [6, 6.07) is 4.96. The molecule has 0 fully saturated rings. The van der Waals surface area contributed by atoms with Crippen molar-refractivity contribution in [3.8, 4) is 5.75 Å². The Kier molecular flexibility index (Phi) is 4.48. The van der Waals surface area contributed by atoms with E-state index in [1.807, 2.05) is 0 Å². The second kappa shape index (κ2) is 5.41. The Labute approximate surface area is 91.8 Å². The minimum absolute atomic E-state index is 0.0173. The fourth-order valence-electron chi connectivity index (χ4n) is 0.834. The van der Waals surface area contributed by atoms with E-state index >= 15 is 0 Å². The van der Waals surface area contributed by atoms with Crippen molar-refractivity contribution in [1.29, 1.82) is 0 Å². The predicted octanol–water partition coefficient (Wildman–Crippen LogP) is 1.73. The smallest absolute Gasteiger partial charge is 0.139 e. The molecule has 0 saturated carbocycles. The first-order valence-electron chi connectivity index (χ1n) is 4.01. The first-order valence-corrected chi connectivity index (χ1v) is 4.76. The number of aliphatic hydroxyl groups is 2. The number of rotatable bonds is 4. The summed E-state index contributed by atoms with van der Waals surface area (Å²) >= 11 is 11.6. The van der Waals surface area contributed by atoms with Crippen molar-refractivity contribution in [3.05, 3.63) is 28.2 Å². The molecule has 14 heavy (non-hydrogen) atoms. The van der Waals surface area contributed by atoms with Gasteiger partial charge in [-0.25, -0.2) is 0 Å². The van der Waals surface area contributed by atoms with Crippen LogP contribution in [0.1, 0.15) is 0 Å². The van der Waals surface area contributed by atoms with Crippen LogP contribution >= 0.6 is 23.2 Å². The van der Waals surface area contributed by atoms with E-state index in [2.05, 4.69) is 0 Å². The van der Waals surface area contributed by atoms with Gasteiger partial charge in [0.05, 0.1) is 11.6 Å². The van der Waals surface area contributed by atoms with Crippen LogP contribution in [0.25, 0.3) is 0 Å². The maximum Gasteiger partial charge on any atom is 0.139 e. The molecule has 2 N–H and O–H groups in total. The summed E-state index contributed by atoms with van der Waals surface area (Å²) in [7, 11) is 0. The third-order valence-corrected chi connectivity index (χ3v) is 2.36. The van der Waals surface area contributed by atoms with Gasteiger partial charge in [-0.15, -0.1) is 0 Å². The van der Waals surface area contributed by atoms with Crippen LogP contribution in [0.4, 0.5) is 0 Å². The molecule has 0 heterocycles. The number of benzene rings is 1. The highest BCUT2D eigenvalue weighted by Gasteiger charge is 2.07. The number of aliphatic hydroxyl groups excluding tert-OH is 2. The maximum absolute atomic E-state index is 9.03. The van der Waals surface area contributed by atoms with Crippen molar-refractivity contribution in [1.82, 2.24) is 0 Å². The molecule has 0 amide bonds. The lowest BCUT2D eigenvalue weighted by Gasteiger charge is -2.11. The third-order valence-electron chi connectivity index (χ3n) is 1.56. The molecule has 1 aromatic rings. The van der Waals surface area contributed by atoms with E-state index in [1.54, 1.807) is 18.2 Å². The quantitative estimate of drug-likeness (QED) is 0.838. The van der Waals surface area contributed by atoms with Gasteiger partial charge in [-0.3, -0.25) is 0 Å². The predicted molar refractivity (Wildman–Crippen MR) is 55.0 cm³/mol. The molecular formula is C9H10Cl2O3. The number of hydrogen-bond acceptors (Lipinski definition) is 3. The van der Waals surface area contributed by atoms with Gasteiger partial charge in [0.2, 0.25) is 0 Å². The van der Waals surface area contributed by atoms with E-state index in [0.29, 0.717) is 15.8 Å². The van der Waals surface area contributed by atoms with Gasteiger partial charge in [-0.2, -0.15) is 0 Å². The van der Waals surface area contributed by atoms with Gasteiger partial charge in [0.15, 0.2) is 0 Å². The summed E-state index contributed by atoms with van der Waals surface area (Å²) in [5.74, 6) is 0.395. The van der Waals surface area contributed by atoms with Gasteiger partial charge in [0.1, 0.15) is 23.5 Å². The highest BCUT2D eigenvalue weighted by Crippen LogP contribution is 2.31. The Morgan fingerprint density at radius 2 is 2.07 bits per heavy atom. The molecular weight excluding hydrogens is 227 g/mol. The van der Waals surface area contributed by atoms with Gasteiger partial charge in [-0.05, 0) is 12.1 Å². The standard InChI is InChI=1S/C9H10Cl2O3/c10-7-2-1-3-8(9(7)11)14-5-6(13)4-12/h1-3,6,12-13H,4-5H2. The average Bonchev–Trinajstić information content (AvgIpc) is 2.20. The second-order valence-electron chi connectivity index (χ2n) is 2.70. The van der Waals surface area contributed by atoms with Crippen molar-refractivity contribution in [2.45, 2.75) is 6.10 Å². The molecule has 1 rings (SSSR count). The van der Waals surface area contributed by atoms with Gasteiger partial charge in [0.25, 0.3) is 0 Å². The molecule has 78 valence electrons. The summed E-state index contributed by atoms with van der Waals surface area (Å²) in [6.07, 6.45) is -0.912. The van der Waals surface area contributed by atoms with E-state index in [9.17, 15) is 0 Å². The SMILES string of the molecule is OCC(O)COc1cccc(Cl)c1Cl. The molecule has 0 aliphatic rings. The first kappa shape index (κ1) is 11.6. The molecule has 0 radical (unpaired) electrons. The molecule has 1 aromatic carbocycles. The Hall–Kier alpha value is -0.480. The molecule has 5 heteroatoms. The van der Waals surface area contributed by atoms with Gasteiger partial charge in [-0.1, -0.05) is 29.3 Å². The summed E-state index contributed by atoms with van der Waals surface area (Å²) in [4.78, 5) is 0. The molecule has 0 aromatic heterocycles. The largest absolute Gasteiger partial charge is 0.489 e. The van der Waals surface area contributed by atoms with Gasteiger partial charge < -0.3 is 14.9 Å². The van der Waals surface area contributed by atoms with Gasteiger partial charge >= 0.3 is 0 Å². The van der Waals surface area contributed by atoms with E-state index < -0.39 is 6.10 Å². The third kappa shape index (κ3) is 3.03. The minimum atomic E-state index is -0.912. The van der Waals surface area contributed by atoms with Crippen LogP contribution in [0.3, 0.4) is 0 Å². The Morgan fingerprint density at radius 3 is 2.71 bits per heavy atom. The molecule has 0 spiro atoms. The fraction of sp³-hybridized carbons (Fsp3) is 0.333. The van der Waals surface area contributed by atoms with Crippen molar-refractivity contribution in [2.24, 2.45) is 0 Å². The first-order chi connectivity index (χ1) is 6.65. The highest BCUT2D eigenvalue weighted by atomic mass is 35.5. The van der Waals surface area contributed by atoms with Crippen LogP contribution in [0.5, 0.6) is 5.75 Å². The zero-order valence-corrected chi connectivity index (χ0v) is 8.79. The Bertz CT molecular complexity index is 304. The molecule has 0 aliphatic heterocycles. The van der Waals surface area contributed by atoms with E-state index in [0.717, 1.165) is 0 Å². The van der Waals surface area contributed by atoms with Crippen LogP contribution in [0.2, 0.25) is 10.0 Å². The zero-order chi connectivity index (χ0) is 10.6. The van der Waals surface area contributed by atoms with Crippen molar-refractivity contribution < 1.29 is 14.9 Å². The molecule has 3 nitrogen and oxygen atoms in total. The van der Waals surface area contributed by atoms with Crippen molar-refractivity contribution in [3.63, 3.8) is 0 Å². The van der Waals surface area contributed by atoms with E-state index in [4.69, 9.17) is 38.2 Å². The van der Waals surface area contributed by atoms with Crippen LogP contribution in [-0.4, -0.2) is 29.5 Å². The molecule has 0 bridgehead atoms. The zero-order valence-electron chi connectivity index (χ0n) is 7.28. The van der Waals surface area contributed by atoms with E-state index in [-0.39, 0.29) is 13.2 Å². The van der Waals surface area contributed by atoms with Crippen molar-refractivity contribution >= 4 is 23.2 Å². The number of ether oxygens (including phenoxy) is 1. The minimum Gasteiger partial charge on any atom is -0.489 e. The maximum atomic E-state index is 9.03. The monoisotopic (exact) mass is 236 g/mol. The molecule has 0 aliphatic carbocycles. The topological polar surface area (TPSA) is 49.7 Å². The average molecular weight is 237 g/mol. The Morgan fingerprint density at radius 1 is 1.36 bits per heavy atom. The summed E-state index contributed by atoms with van der Waals surface area (Å²) in [5.41, 5.74) is 0. The van der Waals surface area contributed by atoms with Crippen LogP contribution in [0, 0.1) is 0 Å². The number of hydrogen-bond donors (Lipinski definition) is 2. The molecule has 1 atom stereocenters. The lowest BCUT2D eigenvalue weighted by atomic mass is 10.3. The molecule has 0 saturated heterocycles. The summed E-state index contributed by atoms with van der Waals surface area (Å²) < 4.78 is 5.14. The van der Waals surface area contributed by atoms with Crippen LogP contribution in [0.15, 0.2) is 18.2 Å². The summed E-state index contributed by atoms with van der Waals surface area (Å²) in [6.45, 7) is -0.366. The Balaban J connectivity index is 2.63. The lowest BCUT2D eigenvalue weighted by molar-refractivity contribution is 0.0536. The lowest BCUT2D eigenvalue weighted by Crippen LogP contribution is -2.21. The summed E-state index contributed by atoms with van der Waals surface area (Å²) in [5, 5.41) is 18.3. The highest BCUT2D eigenvalue weighted by molar-refractivity contribution is 6.42. The van der Waals surface area contributed by atoms with Crippen LogP contribution < -0.4 is 4.74 Å². The normalized spacial score (nSPS) is 12.6. The van der Waals surface area contributed by atoms with E-state index in [1.165, 1.54) is 0 Å². The number of halogens is 2. The van der Waals surface area contributed by atoms with Gasteiger partial charge in [0, 0.05) is 0 Å². The van der Waals surface area contributed by atoms with Crippen LogP contribution in [-0.2, 0) is 0 Å². The fourth-order valence-corrected chi connectivity index (χ4v) is 1.18.